The van der Waals surface area contributed by atoms with E-state index in [0.29, 0.717) is 19.6 Å². The molecule has 0 aromatic heterocycles. The van der Waals surface area contributed by atoms with Gasteiger partial charge >= 0.3 is 5.97 Å². The first-order valence-electron chi connectivity index (χ1n) is 19.3. The fraction of sp³-hybridized carbons (Fsp3) is 0.923. The number of carbonyl (C=O) groups is 1. The number of aliphatic hydroxyl groups is 1. The maximum atomic E-state index is 12.1. The van der Waals surface area contributed by atoms with Crippen molar-refractivity contribution in [3.63, 3.8) is 0 Å². The molecule has 256 valence electrons. The van der Waals surface area contributed by atoms with Gasteiger partial charge in [-0.2, -0.15) is 0 Å². The van der Waals surface area contributed by atoms with E-state index in [9.17, 15) is 9.90 Å². The summed E-state index contributed by atoms with van der Waals surface area (Å²) in [5.74, 6) is -0.206. The van der Waals surface area contributed by atoms with Gasteiger partial charge in [0.25, 0.3) is 0 Å². The summed E-state index contributed by atoms with van der Waals surface area (Å²) in [4.78, 5) is 12.1. The highest BCUT2D eigenvalue weighted by Gasteiger charge is 2.13. The normalized spacial score (nSPS) is 12.3. The SMILES string of the molecule is CCCCCCCC/C=C\CCCCCCCC(=O)OC(CO)COCCCCCCCCCCCCCCCCCC. The topological polar surface area (TPSA) is 55.8 Å². The highest BCUT2D eigenvalue weighted by molar-refractivity contribution is 5.69. The zero-order valence-corrected chi connectivity index (χ0v) is 29.2. The van der Waals surface area contributed by atoms with Gasteiger partial charge in [-0.05, 0) is 38.5 Å². The predicted octanol–water partition coefficient (Wildman–Crippen LogP) is 12.2. The van der Waals surface area contributed by atoms with Crippen molar-refractivity contribution in [2.45, 2.75) is 213 Å². The highest BCUT2D eigenvalue weighted by atomic mass is 16.6. The van der Waals surface area contributed by atoms with Crippen molar-refractivity contribution in [1.82, 2.24) is 0 Å². The van der Waals surface area contributed by atoms with E-state index in [1.165, 1.54) is 167 Å². The van der Waals surface area contributed by atoms with Crippen molar-refractivity contribution in [2.75, 3.05) is 19.8 Å². The Kier molecular flexibility index (Phi) is 36.6. The van der Waals surface area contributed by atoms with Gasteiger partial charge in [0.1, 0.15) is 6.10 Å². The third-order valence-corrected chi connectivity index (χ3v) is 8.59. The lowest BCUT2D eigenvalue weighted by molar-refractivity contribution is -0.154. The van der Waals surface area contributed by atoms with Crippen LogP contribution in [0.4, 0.5) is 0 Å². The Labute approximate surface area is 269 Å². The van der Waals surface area contributed by atoms with Crippen LogP contribution in [0.2, 0.25) is 0 Å². The smallest absolute Gasteiger partial charge is 0.306 e. The van der Waals surface area contributed by atoms with E-state index >= 15 is 0 Å². The van der Waals surface area contributed by atoms with Crippen LogP contribution in [0.15, 0.2) is 12.2 Å². The number of rotatable bonds is 36. The lowest BCUT2D eigenvalue weighted by Crippen LogP contribution is -2.27. The van der Waals surface area contributed by atoms with Crippen LogP contribution in [0, 0.1) is 0 Å². The van der Waals surface area contributed by atoms with Crippen LogP contribution in [-0.4, -0.2) is 37.0 Å². The minimum absolute atomic E-state index is 0.170. The molecule has 1 atom stereocenters. The van der Waals surface area contributed by atoms with Crippen LogP contribution in [0.5, 0.6) is 0 Å². The van der Waals surface area contributed by atoms with Crippen molar-refractivity contribution in [3.05, 3.63) is 12.2 Å². The van der Waals surface area contributed by atoms with Gasteiger partial charge in [-0.15, -0.1) is 0 Å². The second kappa shape index (κ2) is 37.3. The predicted molar refractivity (Wildman–Crippen MR) is 187 cm³/mol. The summed E-state index contributed by atoms with van der Waals surface area (Å²) in [5, 5.41) is 9.56. The van der Waals surface area contributed by atoms with Crippen LogP contribution in [0.25, 0.3) is 0 Å². The van der Waals surface area contributed by atoms with E-state index in [1.54, 1.807) is 0 Å². The van der Waals surface area contributed by atoms with Crippen molar-refractivity contribution in [2.24, 2.45) is 0 Å². The summed E-state index contributed by atoms with van der Waals surface area (Å²) in [6, 6.07) is 0. The number of aliphatic hydroxyl groups excluding tert-OH is 1. The molecule has 0 saturated carbocycles. The molecule has 0 rings (SSSR count). The average molecular weight is 609 g/mol. The molecule has 1 unspecified atom stereocenters. The first-order valence-corrected chi connectivity index (χ1v) is 19.3. The Bertz CT molecular complexity index is 561. The summed E-state index contributed by atoms with van der Waals surface area (Å²) in [7, 11) is 0. The Morgan fingerprint density at radius 3 is 1.33 bits per heavy atom. The van der Waals surface area contributed by atoms with E-state index in [-0.39, 0.29) is 12.6 Å². The number of allylic oxidation sites excluding steroid dienone is 2. The van der Waals surface area contributed by atoms with Gasteiger partial charge in [0, 0.05) is 13.0 Å². The molecule has 0 aliphatic rings. The van der Waals surface area contributed by atoms with Crippen molar-refractivity contribution in [3.8, 4) is 0 Å². The van der Waals surface area contributed by atoms with E-state index in [1.807, 2.05) is 0 Å². The highest BCUT2D eigenvalue weighted by Crippen LogP contribution is 2.14. The van der Waals surface area contributed by atoms with Crippen LogP contribution in [0.1, 0.15) is 206 Å². The molecule has 0 saturated heterocycles. The van der Waals surface area contributed by atoms with Crippen molar-refractivity contribution in [1.29, 1.82) is 0 Å². The summed E-state index contributed by atoms with van der Waals surface area (Å²) in [6.45, 7) is 5.36. The maximum Gasteiger partial charge on any atom is 0.306 e. The average Bonchev–Trinajstić information content (AvgIpc) is 3.01. The molecule has 0 spiro atoms. The lowest BCUT2D eigenvalue weighted by atomic mass is 10.0. The van der Waals surface area contributed by atoms with Crippen molar-refractivity contribution < 1.29 is 19.4 Å². The van der Waals surface area contributed by atoms with Crippen molar-refractivity contribution >= 4 is 5.97 Å². The minimum atomic E-state index is -0.531. The van der Waals surface area contributed by atoms with Crippen LogP contribution >= 0.6 is 0 Å². The third kappa shape index (κ3) is 35.5. The molecule has 0 aromatic carbocycles. The Hall–Kier alpha value is -0.870. The first kappa shape index (κ1) is 42.1. The van der Waals surface area contributed by atoms with E-state index < -0.39 is 6.10 Å². The molecule has 0 bridgehead atoms. The molecular weight excluding hydrogens is 532 g/mol. The van der Waals surface area contributed by atoms with E-state index in [4.69, 9.17) is 9.47 Å². The Morgan fingerprint density at radius 2 is 0.907 bits per heavy atom. The molecule has 4 heteroatoms. The molecule has 4 nitrogen and oxygen atoms in total. The molecule has 43 heavy (non-hydrogen) atoms. The molecule has 0 aliphatic carbocycles. The molecular formula is C39H76O4. The van der Waals surface area contributed by atoms with Gasteiger partial charge in [0.15, 0.2) is 0 Å². The standard InChI is InChI=1S/C39H76O4/c1-3-5-7-9-11-13-15-17-19-21-23-25-27-29-31-33-35-42-37-38(36-40)43-39(41)34-32-30-28-26-24-22-20-18-16-14-12-10-8-6-4-2/h18,20,38,40H,3-17,19,21-37H2,1-2H3/b20-18-. The number of hydrogen-bond donors (Lipinski definition) is 1. The molecule has 0 fully saturated rings. The molecule has 0 aliphatic heterocycles. The van der Waals surface area contributed by atoms with Crippen LogP contribution in [0.3, 0.4) is 0 Å². The number of esters is 1. The number of hydrogen-bond acceptors (Lipinski definition) is 4. The van der Waals surface area contributed by atoms with Gasteiger partial charge in [0.05, 0.1) is 13.2 Å². The summed E-state index contributed by atoms with van der Waals surface area (Å²) in [5.41, 5.74) is 0. The zero-order valence-electron chi connectivity index (χ0n) is 29.2. The maximum absolute atomic E-state index is 12.1. The quantitative estimate of drug-likeness (QED) is 0.0437. The van der Waals surface area contributed by atoms with Gasteiger partial charge in [-0.3, -0.25) is 4.79 Å². The first-order chi connectivity index (χ1) is 21.2. The summed E-state index contributed by atoms with van der Waals surface area (Å²) < 4.78 is 11.1. The third-order valence-electron chi connectivity index (χ3n) is 8.59. The Morgan fingerprint density at radius 1 is 0.535 bits per heavy atom. The summed E-state index contributed by atoms with van der Waals surface area (Å²) >= 11 is 0. The fourth-order valence-electron chi connectivity index (χ4n) is 5.68. The van der Waals surface area contributed by atoms with Gasteiger partial charge in [-0.1, -0.05) is 174 Å². The monoisotopic (exact) mass is 609 g/mol. The molecule has 0 heterocycles. The molecule has 0 aromatic rings. The van der Waals surface area contributed by atoms with E-state index in [0.717, 1.165) is 19.3 Å². The lowest BCUT2D eigenvalue weighted by Gasteiger charge is -2.15. The molecule has 1 N–H and O–H groups in total. The second-order valence-corrected chi connectivity index (χ2v) is 13.0. The van der Waals surface area contributed by atoms with E-state index in [2.05, 4.69) is 26.0 Å². The van der Waals surface area contributed by atoms with Gasteiger partial charge in [-0.25, -0.2) is 0 Å². The number of carbonyl (C=O) groups excluding carboxylic acids is 1. The molecule has 0 radical (unpaired) electrons. The summed E-state index contributed by atoms with van der Waals surface area (Å²) in [6.07, 6.45) is 42.5. The number of ether oxygens (including phenoxy) is 2. The van der Waals surface area contributed by atoms with Gasteiger partial charge in [0.2, 0.25) is 0 Å². The number of unbranched alkanes of at least 4 members (excludes halogenated alkanes) is 26. The minimum Gasteiger partial charge on any atom is -0.457 e. The van der Waals surface area contributed by atoms with Gasteiger partial charge < -0.3 is 14.6 Å². The van der Waals surface area contributed by atoms with Crippen LogP contribution in [-0.2, 0) is 14.3 Å². The largest absolute Gasteiger partial charge is 0.457 e. The molecule has 0 amide bonds. The van der Waals surface area contributed by atoms with Crippen LogP contribution < -0.4 is 0 Å². The Balaban J connectivity index is 3.41. The second-order valence-electron chi connectivity index (χ2n) is 13.0. The zero-order chi connectivity index (χ0) is 31.3. The fourth-order valence-corrected chi connectivity index (χ4v) is 5.68.